The highest BCUT2D eigenvalue weighted by atomic mass is 16.5. The number of aliphatic hydroxyl groups excluding tert-OH is 1. The molecule has 2 unspecified atom stereocenters. The molecular formula is C23H33N5O5. The minimum atomic E-state index is -0.567. The highest BCUT2D eigenvalue weighted by molar-refractivity contribution is 6.19. The Morgan fingerprint density at radius 3 is 2.67 bits per heavy atom. The van der Waals surface area contributed by atoms with Crippen LogP contribution in [0, 0.1) is 5.92 Å². The molecule has 2 atom stereocenters. The predicted octanol–water partition coefficient (Wildman–Crippen LogP) is 0.757. The number of fused-ring (bicyclic) bond motifs is 1. The lowest BCUT2D eigenvalue weighted by Crippen LogP contribution is -2.51. The number of hydrogen-bond donors (Lipinski definition) is 3. The maximum absolute atomic E-state index is 13.4. The van der Waals surface area contributed by atoms with Crippen molar-refractivity contribution in [2.45, 2.75) is 58.7 Å². The number of nitrogens with one attached hydrogen (secondary N) is 2. The second kappa shape index (κ2) is 9.18. The second-order valence-corrected chi connectivity index (χ2v) is 9.51. The number of nitrogens with zero attached hydrogens (tertiary/aromatic N) is 3. The van der Waals surface area contributed by atoms with Gasteiger partial charge in [0.05, 0.1) is 25.3 Å². The third-order valence-electron chi connectivity index (χ3n) is 6.15. The fourth-order valence-corrected chi connectivity index (χ4v) is 4.27. The smallest absolute Gasteiger partial charge is 0.270 e. The lowest BCUT2D eigenvalue weighted by Gasteiger charge is -2.36. The number of morpholine rings is 1. The first-order valence-electron chi connectivity index (χ1n) is 11.6. The van der Waals surface area contributed by atoms with Crippen LogP contribution in [-0.2, 0) is 19.1 Å². The van der Waals surface area contributed by atoms with E-state index in [1.54, 1.807) is 11.0 Å². The van der Waals surface area contributed by atoms with Crippen molar-refractivity contribution in [3.8, 4) is 0 Å². The standard InChI is InChI=1S/C23H33N5O5/c1-13(2)11-27-21-17(7-8-18(29)26-9-10-33-12-14(26)3)15(4)25-28(21)23(32)19(22(27)31)20(30)24-16-5-6-16/h7-8,13-16,25,32H,5-6,9-12H2,1-4H3,(H,24,30)/b8-7+. The number of carbonyl (C=O) groups is 3. The molecule has 1 aliphatic carbocycles. The number of hydrazine groups is 1. The molecule has 33 heavy (non-hydrogen) atoms. The zero-order valence-corrected chi connectivity index (χ0v) is 19.6. The van der Waals surface area contributed by atoms with Crippen LogP contribution < -0.4 is 10.7 Å². The third kappa shape index (κ3) is 4.63. The van der Waals surface area contributed by atoms with Gasteiger partial charge < -0.3 is 20.1 Å². The van der Waals surface area contributed by atoms with Gasteiger partial charge in [-0.25, -0.2) is 10.4 Å². The minimum absolute atomic E-state index is 0.0163. The normalized spacial score (nSPS) is 26.1. The number of amides is 3. The van der Waals surface area contributed by atoms with Crippen molar-refractivity contribution >= 4 is 17.7 Å². The molecule has 0 aromatic carbocycles. The maximum Gasteiger partial charge on any atom is 0.270 e. The van der Waals surface area contributed by atoms with Crippen LogP contribution in [-0.4, -0.2) is 82.1 Å². The van der Waals surface area contributed by atoms with Gasteiger partial charge in [0, 0.05) is 30.8 Å². The minimum Gasteiger partial charge on any atom is -0.493 e. The quantitative estimate of drug-likeness (QED) is 0.397. The Morgan fingerprint density at radius 1 is 1.30 bits per heavy atom. The number of aliphatic hydroxyl groups is 1. The van der Waals surface area contributed by atoms with Crippen LogP contribution in [0.3, 0.4) is 0 Å². The van der Waals surface area contributed by atoms with Crippen molar-refractivity contribution in [3.05, 3.63) is 35.0 Å². The van der Waals surface area contributed by atoms with Crippen LogP contribution in [0.15, 0.2) is 35.0 Å². The third-order valence-corrected chi connectivity index (χ3v) is 6.15. The molecule has 180 valence electrons. The van der Waals surface area contributed by atoms with Crippen LogP contribution in [0.1, 0.15) is 40.5 Å². The molecule has 10 heteroatoms. The fourth-order valence-electron chi connectivity index (χ4n) is 4.27. The van der Waals surface area contributed by atoms with E-state index in [2.05, 4.69) is 10.7 Å². The van der Waals surface area contributed by atoms with E-state index in [4.69, 9.17) is 4.74 Å². The lowest BCUT2D eigenvalue weighted by atomic mass is 10.1. The van der Waals surface area contributed by atoms with Crippen LogP contribution >= 0.6 is 0 Å². The Bertz CT molecular complexity index is 936. The molecule has 0 radical (unpaired) electrons. The Kier molecular flexibility index (Phi) is 6.49. The van der Waals surface area contributed by atoms with E-state index in [-0.39, 0.29) is 35.5 Å². The van der Waals surface area contributed by atoms with Gasteiger partial charge in [-0.1, -0.05) is 13.8 Å². The molecule has 3 heterocycles. The van der Waals surface area contributed by atoms with Crippen molar-refractivity contribution in [1.29, 1.82) is 0 Å². The summed E-state index contributed by atoms with van der Waals surface area (Å²) in [6.07, 6.45) is 4.94. The van der Waals surface area contributed by atoms with Gasteiger partial charge >= 0.3 is 0 Å². The SMILES string of the molecule is CC(C)CN1C(=O)C(C(=O)NC2CC2)=C(O)N2NC(C)C(/C=C/C(=O)N3CCOCC3C)=C12. The van der Waals surface area contributed by atoms with Gasteiger partial charge in [-0.2, -0.15) is 0 Å². The summed E-state index contributed by atoms with van der Waals surface area (Å²) in [5.74, 6) is -1.10. The van der Waals surface area contributed by atoms with E-state index in [1.807, 2.05) is 27.7 Å². The first-order chi connectivity index (χ1) is 15.7. The van der Waals surface area contributed by atoms with Gasteiger partial charge in [-0.15, -0.1) is 0 Å². The molecule has 0 spiro atoms. The van der Waals surface area contributed by atoms with Crippen molar-refractivity contribution in [2.75, 3.05) is 26.3 Å². The Balaban J connectivity index is 1.68. The summed E-state index contributed by atoms with van der Waals surface area (Å²) in [5, 5.41) is 15.1. The number of rotatable bonds is 6. The summed E-state index contributed by atoms with van der Waals surface area (Å²) < 4.78 is 5.41. The van der Waals surface area contributed by atoms with Gasteiger partial charge in [0.25, 0.3) is 11.8 Å². The summed E-state index contributed by atoms with van der Waals surface area (Å²) in [5.41, 5.74) is 3.54. The Hall–Kier alpha value is -2.85. The summed E-state index contributed by atoms with van der Waals surface area (Å²) in [7, 11) is 0. The summed E-state index contributed by atoms with van der Waals surface area (Å²) in [6.45, 7) is 9.66. The molecule has 4 rings (SSSR count). The first-order valence-corrected chi connectivity index (χ1v) is 11.6. The zero-order chi connectivity index (χ0) is 23.9. The molecule has 3 N–H and O–H groups in total. The number of ether oxygens (including phenoxy) is 1. The molecule has 0 aromatic heterocycles. The van der Waals surface area contributed by atoms with Gasteiger partial charge in [-0.05, 0) is 38.7 Å². The van der Waals surface area contributed by atoms with E-state index in [9.17, 15) is 19.5 Å². The van der Waals surface area contributed by atoms with E-state index < -0.39 is 17.7 Å². The van der Waals surface area contributed by atoms with Gasteiger partial charge in [0.1, 0.15) is 5.82 Å². The molecule has 2 fully saturated rings. The molecule has 1 saturated heterocycles. The topological polar surface area (TPSA) is 114 Å². The maximum atomic E-state index is 13.4. The van der Waals surface area contributed by atoms with Crippen molar-refractivity contribution in [3.63, 3.8) is 0 Å². The highest BCUT2D eigenvalue weighted by Gasteiger charge is 2.45. The van der Waals surface area contributed by atoms with Gasteiger partial charge in [0.2, 0.25) is 11.8 Å². The van der Waals surface area contributed by atoms with E-state index in [0.717, 1.165) is 12.8 Å². The molecule has 3 amide bonds. The Labute approximate surface area is 193 Å². The van der Waals surface area contributed by atoms with Crippen LogP contribution in [0.5, 0.6) is 0 Å². The van der Waals surface area contributed by atoms with Crippen LogP contribution in [0.4, 0.5) is 0 Å². The Morgan fingerprint density at radius 2 is 2.03 bits per heavy atom. The van der Waals surface area contributed by atoms with Crippen molar-refractivity contribution in [2.24, 2.45) is 5.92 Å². The molecule has 0 bridgehead atoms. The average Bonchev–Trinajstić information content (AvgIpc) is 3.50. The monoisotopic (exact) mass is 459 g/mol. The summed E-state index contributed by atoms with van der Waals surface area (Å²) >= 11 is 0. The average molecular weight is 460 g/mol. The largest absolute Gasteiger partial charge is 0.493 e. The predicted molar refractivity (Wildman–Crippen MR) is 120 cm³/mol. The molecule has 0 aromatic rings. The molecule has 1 saturated carbocycles. The first kappa shape index (κ1) is 23.3. The van der Waals surface area contributed by atoms with E-state index in [0.29, 0.717) is 37.7 Å². The van der Waals surface area contributed by atoms with E-state index >= 15 is 0 Å². The lowest BCUT2D eigenvalue weighted by molar-refractivity contribution is -0.134. The highest BCUT2D eigenvalue weighted by Crippen LogP contribution is 2.35. The van der Waals surface area contributed by atoms with E-state index in [1.165, 1.54) is 16.0 Å². The van der Waals surface area contributed by atoms with Gasteiger partial charge in [0.15, 0.2) is 5.57 Å². The molecule has 3 aliphatic heterocycles. The molecule has 4 aliphatic rings. The van der Waals surface area contributed by atoms with Crippen LogP contribution in [0.25, 0.3) is 0 Å². The summed E-state index contributed by atoms with van der Waals surface area (Å²) in [4.78, 5) is 42.2. The number of carbonyl (C=O) groups excluding carboxylic acids is 3. The summed E-state index contributed by atoms with van der Waals surface area (Å²) in [6, 6.07) is -0.252. The van der Waals surface area contributed by atoms with Gasteiger partial charge in [-0.3, -0.25) is 19.3 Å². The zero-order valence-electron chi connectivity index (χ0n) is 19.6. The molecule has 10 nitrogen and oxygen atoms in total. The van der Waals surface area contributed by atoms with Crippen molar-refractivity contribution in [1.82, 2.24) is 25.6 Å². The van der Waals surface area contributed by atoms with Crippen LogP contribution in [0.2, 0.25) is 0 Å². The van der Waals surface area contributed by atoms with Crippen molar-refractivity contribution < 1.29 is 24.2 Å². The fraction of sp³-hybridized carbons (Fsp3) is 0.609. The second-order valence-electron chi connectivity index (χ2n) is 9.51. The number of hydrogen-bond acceptors (Lipinski definition) is 7. The molecular weight excluding hydrogens is 426 g/mol.